The number of aldehydes is 1. The molecule has 12 heteroatoms. The highest BCUT2D eigenvalue weighted by atomic mass is 35.5. The number of carbonyl (C=O) groups excluding carboxylic acids is 4. The van der Waals surface area contributed by atoms with Gasteiger partial charge in [0.2, 0.25) is 11.8 Å². The van der Waals surface area contributed by atoms with E-state index in [1.54, 1.807) is 42.5 Å². The van der Waals surface area contributed by atoms with E-state index < -0.39 is 23.8 Å². The number of alkyl carbamates (subject to hydrolysis) is 1. The lowest BCUT2D eigenvalue weighted by molar-refractivity contribution is -0.143. The van der Waals surface area contributed by atoms with Gasteiger partial charge in [-0.15, -0.1) is 0 Å². The first-order chi connectivity index (χ1) is 20.7. The van der Waals surface area contributed by atoms with Crippen LogP contribution in [0.15, 0.2) is 42.5 Å². The summed E-state index contributed by atoms with van der Waals surface area (Å²) in [4.78, 5) is 52.6. The average molecular weight is 635 g/mol. The molecule has 1 fully saturated rings. The van der Waals surface area contributed by atoms with Crippen LogP contribution in [0, 0.1) is 5.92 Å². The second-order valence-corrected chi connectivity index (χ2v) is 11.9. The fourth-order valence-corrected chi connectivity index (χ4v) is 5.87. The Balaban J connectivity index is 1.37. The number of halogens is 2. The SMILES string of the molecule is O=CC(O)(CCC(=O)N1CCOc2cccc(Cl)c2C1)NC(=O)[C@H](CC1CCCCC1)NC(=O)OCc1cccc(Cl)c1. The minimum atomic E-state index is -2.32. The van der Waals surface area contributed by atoms with Gasteiger partial charge in [0.05, 0.1) is 13.1 Å². The van der Waals surface area contributed by atoms with Gasteiger partial charge in [0.25, 0.3) is 0 Å². The van der Waals surface area contributed by atoms with Gasteiger partial charge in [-0.3, -0.25) is 14.4 Å². The first kappa shape index (κ1) is 32.6. The molecule has 4 rings (SSSR count). The van der Waals surface area contributed by atoms with E-state index in [9.17, 15) is 24.3 Å². The summed E-state index contributed by atoms with van der Waals surface area (Å²) < 4.78 is 11.0. The number of rotatable bonds is 11. The predicted molar refractivity (Wildman–Crippen MR) is 161 cm³/mol. The Bertz CT molecular complexity index is 1300. The fourth-order valence-electron chi connectivity index (χ4n) is 5.43. The summed E-state index contributed by atoms with van der Waals surface area (Å²) in [7, 11) is 0. The molecule has 1 heterocycles. The highest BCUT2D eigenvalue weighted by molar-refractivity contribution is 6.31. The van der Waals surface area contributed by atoms with Crippen molar-refractivity contribution < 1.29 is 33.8 Å². The molecule has 2 atom stereocenters. The van der Waals surface area contributed by atoms with Crippen molar-refractivity contribution in [3.8, 4) is 5.75 Å². The van der Waals surface area contributed by atoms with Gasteiger partial charge in [-0.2, -0.15) is 0 Å². The molecule has 3 N–H and O–H groups in total. The minimum Gasteiger partial charge on any atom is -0.491 e. The molecule has 232 valence electrons. The van der Waals surface area contributed by atoms with Crippen molar-refractivity contribution in [1.29, 1.82) is 0 Å². The number of hydrogen-bond donors (Lipinski definition) is 3. The third-order valence-corrected chi connectivity index (χ3v) is 8.40. The van der Waals surface area contributed by atoms with Gasteiger partial charge in [0.1, 0.15) is 25.0 Å². The Morgan fingerprint density at radius 1 is 1.14 bits per heavy atom. The number of nitrogens with one attached hydrogen (secondary N) is 2. The van der Waals surface area contributed by atoms with Gasteiger partial charge in [-0.25, -0.2) is 4.79 Å². The van der Waals surface area contributed by atoms with Gasteiger partial charge < -0.3 is 30.1 Å². The van der Waals surface area contributed by atoms with Crippen LogP contribution in [0.1, 0.15) is 62.5 Å². The summed E-state index contributed by atoms with van der Waals surface area (Å²) >= 11 is 12.3. The summed E-state index contributed by atoms with van der Waals surface area (Å²) in [5.41, 5.74) is -0.965. The van der Waals surface area contributed by atoms with Crippen LogP contribution in [0.3, 0.4) is 0 Å². The Morgan fingerprint density at radius 2 is 1.91 bits per heavy atom. The molecule has 2 aliphatic rings. The maximum absolute atomic E-state index is 13.4. The van der Waals surface area contributed by atoms with Crippen LogP contribution >= 0.6 is 23.2 Å². The van der Waals surface area contributed by atoms with Crippen LogP contribution in [0.2, 0.25) is 10.0 Å². The number of ether oxygens (including phenoxy) is 2. The molecule has 43 heavy (non-hydrogen) atoms. The van der Waals surface area contributed by atoms with Crippen LogP contribution < -0.4 is 15.4 Å². The van der Waals surface area contributed by atoms with Crippen molar-refractivity contribution >= 4 is 47.4 Å². The average Bonchev–Trinajstić information content (AvgIpc) is 3.23. The van der Waals surface area contributed by atoms with E-state index in [4.69, 9.17) is 32.7 Å². The largest absolute Gasteiger partial charge is 0.491 e. The molecule has 1 saturated carbocycles. The number of carbonyl (C=O) groups is 4. The second kappa shape index (κ2) is 15.4. The lowest BCUT2D eigenvalue weighted by Gasteiger charge is -2.30. The summed E-state index contributed by atoms with van der Waals surface area (Å²) in [5, 5.41) is 16.9. The van der Waals surface area contributed by atoms with Crippen LogP contribution in [-0.2, 0) is 32.3 Å². The molecule has 1 unspecified atom stereocenters. The van der Waals surface area contributed by atoms with Crippen molar-refractivity contribution in [2.45, 2.75) is 76.3 Å². The maximum Gasteiger partial charge on any atom is 0.408 e. The molecular formula is C31H37Cl2N3O7. The zero-order valence-electron chi connectivity index (χ0n) is 23.9. The topological polar surface area (TPSA) is 134 Å². The summed E-state index contributed by atoms with van der Waals surface area (Å²) in [6.45, 7) is 0.711. The molecule has 3 amide bonds. The van der Waals surface area contributed by atoms with Crippen molar-refractivity contribution in [2.75, 3.05) is 13.2 Å². The van der Waals surface area contributed by atoms with Gasteiger partial charge >= 0.3 is 6.09 Å². The standard InChI is InChI=1S/C31H37Cl2N3O7/c32-23-9-4-8-22(16-23)19-43-30(40)34-26(17-21-6-2-1-3-7-21)29(39)35-31(41,20-37)13-12-28(38)36-14-15-42-27-11-5-10-25(33)24(27)18-36/h4-5,8-11,16,20-21,26,41H,1-3,6-7,12-15,17-19H2,(H,34,40)(H,35,39)/t26-,31?/m0/s1. The fraction of sp³-hybridized carbons (Fsp3) is 0.484. The lowest BCUT2D eigenvalue weighted by Crippen LogP contribution is -2.57. The lowest BCUT2D eigenvalue weighted by atomic mass is 9.84. The van der Waals surface area contributed by atoms with Crippen molar-refractivity contribution in [3.05, 3.63) is 63.6 Å². The van der Waals surface area contributed by atoms with E-state index in [1.807, 2.05) is 0 Å². The van der Waals surface area contributed by atoms with E-state index in [0.29, 0.717) is 39.9 Å². The molecule has 1 aliphatic carbocycles. The number of fused-ring (bicyclic) bond motifs is 1. The molecular weight excluding hydrogens is 597 g/mol. The summed E-state index contributed by atoms with van der Waals surface area (Å²) in [6.07, 6.45) is 4.09. The molecule has 0 saturated heterocycles. The van der Waals surface area contributed by atoms with Crippen LogP contribution in [0.4, 0.5) is 4.79 Å². The number of hydrogen-bond acceptors (Lipinski definition) is 7. The predicted octanol–water partition coefficient (Wildman–Crippen LogP) is 4.76. The van der Waals surface area contributed by atoms with E-state index >= 15 is 0 Å². The smallest absolute Gasteiger partial charge is 0.408 e. The Morgan fingerprint density at radius 3 is 2.65 bits per heavy atom. The van der Waals surface area contributed by atoms with Crippen molar-refractivity contribution in [2.24, 2.45) is 5.92 Å². The number of benzene rings is 2. The van der Waals surface area contributed by atoms with Crippen molar-refractivity contribution in [3.63, 3.8) is 0 Å². The van der Waals surface area contributed by atoms with Gasteiger partial charge in [-0.1, -0.05) is 73.5 Å². The zero-order chi connectivity index (χ0) is 30.8. The van der Waals surface area contributed by atoms with Crippen LogP contribution in [-0.4, -0.2) is 59.1 Å². The highest BCUT2D eigenvalue weighted by Crippen LogP contribution is 2.30. The number of nitrogens with zero attached hydrogens (tertiary/aromatic N) is 1. The minimum absolute atomic E-state index is 0.0538. The van der Waals surface area contributed by atoms with Crippen molar-refractivity contribution in [1.82, 2.24) is 15.5 Å². The summed E-state index contributed by atoms with van der Waals surface area (Å²) in [5.74, 6) is -0.297. The van der Waals surface area contributed by atoms with Crippen LogP contribution in [0.5, 0.6) is 5.75 Å². The first-order valence-electron chi connectivity index (χ1n) is 14.5. The number of amides is 3. The molecule has 0 radical (unpaired) electrons. The van der Waals surface area contributed by atoms with Gasteiger partial charge in [0.15, 0.2) is 12.0 Å². The van der Waals surface area contributed by atoms with E-state index in [1.165, 1.54) is 4.90 Å². The number of aliphatic hydroxyl groups is 1. The summed E-state index contributed by atoms with van der Waals surface area (Å²) in [6, 6.07) is 11.1. The third-order valence-electron chi connectivity index (χ3n) is 7.81. The normalized spacial score (nSPS) is 17.3. The molecule has 0 spiro atoms. The van der Waals surface area contributed by atoms with E-state index in [2.05, 4.69) is 10.6 Å². The Labute approximate surface area is 261 Å². The first-order valence-corrected chi connectivity index (χ1v) is 15.3. The Kier molecular flexibility index (Phi) is 11.7. The molecule has 10 nitrogen and oxygen atoms in total. The molecule has 0 bridgehead atoms. The molecule has 0 aromatic heterocycles. The Hall–Kier alpha value is -3.34. The molecule has 2 aromatic rings. The third kappa shape index (κ3) is 9.58. The monoisotopic (exact) mass is 633 g/mol. The molecule has 2 aromatic carbocycles. The van der Waals surface area contributed by atoms with E-state index in [0.717, 1.165) is 32.1 Å². The second-order valence-electron chi connectivity index (χ2n) is 11.1. The quantitative estimate of drug-likeness (QED) is 0.240. The van der Waals surface area contributed by atoms with Crippen LogP contribution in [0.25, 0.3) is 0 Å². The zero-order valence-corrected chi connectivity index (χ0v) is 25.4. The van der Waals surface area contributed by atoms with E-state index in [-0.39, 0.29) is 50.7 Å². The maximum atomic E-state index is 13.4. The molecule has 1 aliphatic heterocycles. The highest BCUT2D eigenvalue weighted by Gasteiger charge is 2.35. The van der Waals surface area contributed by atoms with Gasteiger partial charge in [0, 0.05) is 28.5 Å². The van der Waals surface area contributed by atoms with Gasteiger partial charge in [-0.05, 0) is 42.2 Å².